The van der Waals surface area contributed by atoms with Gasteiger partial charge in [-0.3, -0.25) is 0 Å². The van der Waals surface area contributed by atoms with Crippen LogP contribution in [0.3, 0.4) is 0 Å². The fraction of sp³-hybridized carbons (Fsp3) is 0.455. The van der Waals surface area contributed by atoms with Crippen molar-refractivity contribution in [2.75, 3.05) is 0 Å². The van der Waals surface area contributed by atoms with Crippen molar-refractivity contribution in [3.8, 4) is 5.75 Å². The van der Waals surface area contributed by atoms with E-state index in [1.54, 1.807) is 0 Å². The molecule has 0 heterocycles. The van der Waals surface area contributed by atoms with Gasteiger partial charge < -0.3 is 4.74 Å². The Balaban J connectivity index is 2.81. The molecule has 2 heteroatoms. The van der Waals surface area contributed by atoms with Crippen LogP contribution in [0, 0.1) is 6.92 Å². The van der Waals surface area contributed by atoms with Crippen LogP contribution in [0.1, 0.15) is 25.8 Å². The second-order valence-corrected chi connectivity index (χ2v) is 3.68. The standard InChI is InChI=1S/C11H15ClO/c1-4-9(3)13-11-7-8(2)5-6-10(11)12/h5-7,9H,4H2,1-3H3. The Morgan fingerprint density at radius 2 is 2.15 bits per heavy atom. The van der Waals surface area contributed by atoms with Crippen molar-refractivity contribution in [2.45, 2.75) is 33.3 Å². The molecule has 13 heavy (non-hydrogen) atoms. The van der Waals surface area contributed by atoms with Gasteiger partial charge in [-0.15, -0.1) is 0 Å². The van der Waals surface area contributed by atoms with E-state index in [9.17, 15) is 0 Å². The Kier molecular flexibility index (Phi) is 3.61. The largest absolute Gasteiger partial charge is 0.489 e. The van der Waals surface area contributed by atoms with Crippen LogP contribution in [0.25, 0.3) is 0 Å². The van der Waals surface area contributed by atoms with Crippen molar-refractivity contribution in [1.29, 1.82) is 0 Å². The summed E-state index contributed by atoms with van der Waals surface area (Å²) in [5.41, 5.74) is 1.17. The molecule has 1 aromatic carbocycles. The average Bonchev–Trinajstić information content (AvgIpc) is 2.11. The van der Waals surface area contributed by atoms with Crippen LogP contribution in [-0.4, -0.2) is 6.10 Å². The van der Waals surface area contributed by atoms with E-state index in [0.29, 0.717) is 5.02 Å². The van der Waals surface area contributed by atoms with E-state index in [2.05, 4.69) is 6.92 Å². The first-order valence-electron chi connectivity index (χ1n) is 4.56. The number of hydrogen-bond donors (Lipinski definition) is 0. The molecule has 0 saturated heterocycles. The number of hydrogen-bond acceptors (Lipinski definition) is 1. The predicted molar refractivity (Wildman–Crippen MR) is 56.6 cm³/mol. The van der Waals surface area contributed by atoms with Gasteiger partial charge in [0.15, 0.2) is 0 Å². The molecule has 0 radical (unpaired) electrons. The van der Waals surface area contributed by atoms with Crippen LogP contribution in [0.4, 0.5) is 0 Å². The van der Waals surface area contributed by atoms with Crippen molar-refractivity contribution in [1.82, 2.24) is 0 Å². The molecular weight excluding hydrogens is 184 g/mol. The molecule has 0 spiro atoms. The first kappa shape index (κ1) is 10.4. The highest BCUT2D eigenvalue weighted by Gasteiger charge is 2.05. The maximum atomic E-state index is 5.97. The van der Waals surface area contributed by atoms with Crippen molar-refractivity contribution < 1.29 is 4.74 Å². The SMILES string of the molecule is CCC(C)Oc1cc(C)ccc1Cl. The second kappa shape index (κ2) is 4.52. The molecule has 0 fully saturated rings. The third kappa shape index (κ3) is 2.92. The molecule has 0 aliphatic carbocycles. The Morgan fingerprint density at radius 3 is 2.77 bits per heavy atom. The van der Waals surface area contributed by atoms with Gasteiger partial charge in [-0.05, 0) is 38.0 Å². The molecule has 72 valence electrons. The Labute approximate surface area is 84.7 Å². The lowest BCUT2D eigenvalue weighted by molar-refractivity contribution is 0.217. The lowest BCUT2D eigenvalue weighted by Gasteiger charge is -2.14. The third-order valence-corrected chi connectivity index (χ3v) is 2.30. The predicted octanol–water partition coefficient (Wildman–Crippen LogP) is 3.83. The minimum Gasteiger partial charge on any atom is -0.489 e. The summed E-state index contributed by atoms with van der Waals surface area (Å²) in [5, 5.41) is 0.686. The zero-order valence-electron chi connectivity index (χ0n) is 8.30. The summed E-state index contributed by atoms with van der Waals surface area (Å²) in [6, 6.07) is 5.81. The van der Waals surface area contributed by atoms with Crippen LogP contribution in [0.15, 0.2) is 18.2 Å². The van der Waals surface area contributed by atoms with Gasteiger partial charge in [-0.2, -0.15) is 0 Å². The highest BCUT2D eigenvalue weighted by molar-refractivity contribution is 6.32. The van der Waals surface area contributed by atoms with Gasteiger partial charge in [-0.25, -0.2) is 0 Å². The summed E-state index contributed by atoms with van der Waals surface area (Å²) in [4.78, 5) is 0. The van der Waals surface area contributed by atoms with E-state index in [4.69, 9.17) is 16.3 Å². The average molecular weight is 199 g/mol. The molecule has 0 aromatic heterocycles. The Morgan fingerprint density at radius 1 is 1.46 bits per heavy atom. The molecule has 1 atom stereocenters. The molecular formula is C11H15ClO. The summed E-state index contributed by atoms with van der Waals surface area (Å²) in [7, 11) is 0. The number of halogens is 1. The van der Waals surface area contributed by atoms with E-state index in [0.717, 1.165) is 12.2 Å². The summed E-state index contributed by atoms with van der Waals surface area (Å²) >= 11 is 5.97. The number of ether oxygens (including phenoxy) is 1. The summed E-state index contributed by atoms with van der Waals surface area (Å²) < 4.78 is 5.64. The quantitative estimate of drug-likeness (QED) is 0.718. The monoisotopic (exact) mass is 198 g/mol. The highest BCUT2D eigenvalue weighted by Crippen LogP contribution is 2.26. The number of aryl methyl sites for hydroxylation is 1. The first-order chi connectivity index (χ1) is 6.13. The van der Waals surface area contributed by atoms with E-state index < -0.39 is 0 Å². The maximum Gasteiger partial charge on any atom is 0.138 e. The van der Waals surface area contributed by atoms with E-state index in [1.165, 1.54) is 5.56 Å². The minimum absolute atomic E-state index is 0.222. The van der Waals surface area contributed by atoms with Gasteiger partial charge in [0.05, 0.1) is 11.1 Å². The molecule has 1 unspecified atom stereocenters. The van der Waals surface area contributed by atoms with Crippen molar-refractivity contribution in [3.05, 3.63) is 28.8 Å². The minimum atomic E-state index is 0.222. The Bertz CT molecular complexity index is 283. The van der Waals surface area contributed by atoms with Crippen LogP contribution in [0.2, 0.25) is 5.02 Å². The molecule has 0 N–H and O–H groups in total. The van der Waals surface area contributed by atoms with Gasteiger partial charge >= 0.3 is 0 Å². The van der Waals surface area contributed by atoms with Crippen LogP contribution in [-0.2, 0) is 0 Å². The normalized spacial score (nSPS) is 12.6. The summed E-state index contributed by atoms with van der Waals surface area (Å²) in [5.74, 6) is 0.788. The van der Waals surface area contributed by atoms with Crippen molar-refractivity contribution in [2.24, 2.45) is 0 Å². The zero-order valence-corrected chi connectivity index (χ0v) is 9.06. The number of rotatable bonds is 3. The van der Waals surface area contributed by atoms with Crippen LogP contribution < -0.4 is 4.74 Å². The number of benzene rings is 1. The fourth-order valence-corrected chi connectivity index (χ4v) is 1.16. The molecule has 1 aromatic rings. The maximum absolute atomic E-state index is 5.97. The molecule has 0 amide bonds. The van der Waals surface area contributed by atoms with Gasteiger partial charge in [0.2, 0.25) is 0 Å². The van der Waals surface area contributed by atoms with Crippen LogP contribution >= 0.6 is 11.6 Å². The molecule has 1 nitrogen and oxygen atoms in total. The van der Waals surface area contributed by atoms with Crippen molar-refractivity contribution in [3.63, 3.8) is 0 Å². The topological polar surface area (TPSA) is 9.23 Å². The first-order valence-corrected chi connectivity index (χ1v) is 4.94. The van der Waals surface area contributed by atoms with E-state index in [-0.39, 0.29) is 6.10 Å². The lowest BCUT2D eigenvalue weighted by Crippen LogP contribution is -2.09. The molecule has 0 bridgehead atoms. The van der Waals surface area contributed by atoms with E-state index in [1.807, 2.05) is 32.0 Å². The molecule has 1 rings (SSSR count). The fourth-order valence-electron chi connectivity index (χ4n) is 1.00. The van der Waals surface area contributed by atoms with Crippen LogP contribution in [0.5, 0.6) is 5.75 Å². The highest BCUT2D eigenvalue weighted by atomic mass is 35.5. The summed E-state index contributed by atoms with van der Waals surface area (Å²) in [6.45, 7) is 6.16. The van der Waals surface area contributed by atoms with Crippen molar-refractivity contribution >= 4 is 11.6 Å². The van der Waals surface area contributed by atoms with Gasteiger partial charge in [0.1, 0.15) is 5.75 Å². The lowest BCUT2D eigenvalue weighted by atomic mass is 10.2. The zero-order chi connectivity index (χ0) is 9.84. The molecule has 0 aliphatic rings. The van der Waals surface area contributed by atoms with Gasteiger partial charge in [0.25, 0.3) is 0 Å². The van der Waals surface area contributed by atoms with Gasteiger partial charge in [-0.1, -0.05) is 24.6 Å². The van der Waals surface area contributed by atoms with E-state index >= 15 is 0 Å². The Hall–Kier alpha value is -0.690. The smallest absolute Gasteiger partial charge is 0.138 e. The molecule has 0 saturated carbocycles. The second-order valence-electron chi connectivity index (χ2n) is 3.27. The summed E-state index contributed by atoms with van der Waals surface area (Å²) in [6.07, 6.45) is 1.21. The van der Waals surface area contributed by atoms with Gasteiger partial charge in [0, 0.05) is 0 Å². The molecule has 0 aliphatic heterocycles. The third-order valence-electron chi connectivity index (χ3n) is 1.99.